The molecule has 3 aromatic heterocycles. The fourth-order valence-electron chi connectivity index (χ4n) is 3.10. The lowest BCUT2D eigenvalue weighted by molar-refractivity contribution is 0.217. The monoisotopic (exact) mass is 329 g/mol. The van der Waals surface area contributed by atoms with Crippen LogP contribution in [0.3, 0.4) is 0 Å². The summed E-state index contributed by atoms with van der Waals surface area (Å²) in [4.78, 5) is 11.3. The highest BCUT2D eigenvalue weighted by Gasteiger charge is 2.25. The average molecular weight is 329 g/mol. The van der Waals surface area contributed by atoms with Crippen LogP contribution in [0.4, 0.5) is 0 Å². The van der Waals surface area contributed by atoms with Gasteiger partial charge in [0.1, 0.15) is 18.4 Å². The van der Waals surface area contributed by atoms with Gasteiger partial charge in [-0.1, -0.05) is 0 Å². The number of nitrogens with zero attached hydrogens (tertiary/aromatic N) is 5. The number of thiazole rings is 1. The SMILES string of the molecule is Cc1ccc(-c2nc(CN3CCCC3Cn3cncn3)cs2)o1. The fraction of sp³-hybridized carbons (Fsp3) is 0.438. The molecular formula is C16H19N5OS. The maximum absolute atomic E-state index is 5.66. The van der Waals surface area contributed by atoms with Crippen molar-refractivity contribution >= 4 is 11.3 Å². The van der Waals surface area contributed by atoms with Crippen molar-refractivity contribution < 1.29 is 4.42 Å². The lowest BCUT2D eigenvalue weighted by atomic mass is 10.2. The number of furan rings is 1. The molecule has 0 spiro atoms. The highest BCUT2D eigenvalue weighted by Crippen LogP contribution is 2.27. The van der Waals surface area contributed by atoms with Gasteiger partial charge in [0.05, 0.1) is 12.2 Å². The maximum Gasteiger partial charge on any atom is 0.162 e. The molecular weight excluding hydrogens is 310 g/mol. The van der Waals surface area contributed by atoms with E-state index < -0.39 is 0 Å². The Labute approximate surface area is 138 Å². The van der Waals surface area contributed by atoms with Crippen LogP contribution in [-0.4, -0.2) is 37.2 Å². The lowest BCUT2D eigenvalue weighted by Gasteiger charge is -2.23. The topological polar surface area (TPSA) is 60.0 Å². The highest BCUT2D eigenvalue weighted by atomic mass is 32.1. The molecule has 1 aliphatic rings. The molecule has 4 rings (SSSR count). The Balaban J connectivity index is 1.44. The van der Waals surface area contributed by atoms with Crippen molar-refractivity contribution in [2.24, 2.45) is 0 Å². The van der Waals surface area contributed by atoms with Crippen LogP contribution in [0.2, 0.25) is 0 Å². The molecule has 0 N–H and O–H groups in total. The van der Waals surface area contributed by atoms with Crippen molar-refractivity contribution in [2.45, 2.75) is 38.9 Å². The van der Waals surface area contributed by atoms with Crippen molar-refractivity contribution in [3.63, 3.8) is 0 Å². The summed E-state index contributed by atoms with van der Waals surface area (Å²) < 4.78 is 7.58. The molecule has 120 valence electrons. The number of hydrogen-bond donors (Lipinski definition) is 0. The minimum Gasteiger partial charge on any atom is -0.459 e. The second-order valence-corrected chi connectivity index (χ2v) is 6.80. The smallest absolute Gasteiger partial charge is 0.162 e. The molecule has 0 aromatic carbocycles. The van der Waals surface area contributed by atoms with Crippen molar-refractivity contribution in [1.29, 1.82) is 0 Å². The third-order valence-electron chi connectivity index (χ3n) is 4.23. The number of likely N-dealkylation sites (tertiary alicyclic amines) is 1. The van der Waals surface area contributed by atoms with Crippen LogP contribution in [0.25, 0.3) is 10.8 Å². The molecule has 4 heterocycles. The van der Waals surface area contributed by atoms with E-state index in [4.69, 9.17) is 9.40 Å². The summed E-state index contributed by atoms with van der Waals surface area (Å²) in [7, 11) is 0. The normalized spacial score (nSPS) is 18.7. The van der Waals surface area contributed by atoms with Crippen LogP contribution in [0.1, 0.15) is 24.3 Å². The summed E-state index contributed by atoms with van der Waals surface area (Å²) in [5.74, 6) is 1.78. The first kappa shape index (κ1) is 14.6. The molecule has 1 saturated heterocycles. The molecule has 0 saturated carbocycles. The van der Waals surface area contributed by atoms with Gasteiger partial charge in [0.15, 0.2) is 10.8 Å². The second kappa shape index (κ2) is 6.25. The summed E-state index contributed by atoms with van der Waals surface area (Å²) in [6.07, 6.45) is 5.82. The van der Waals surface area contributed by atoms with Crippen molar-refractivity contribution in [3.05, 3.63) is 41.6 Å². The van der Waals surface area contributed by atoms with Gasteiger partial charge in [-0.15, -0.1) is 11.3 Å². The first-order valence-electron chi connectivity index (χ1n) is 7.85. The zero-order chi connectivity index (χ0) is 15.6. The Morgan fingerprint density at radius 1 is 1.39 bits per heavy atom. The number of aryl methyl sites for hydroxylation is 1. The van der Waals surface area contributed by atoms with E-state index in [0.717, 1.165) is 41.9 Å². The van der Waals surface area contributed by atoms with E-state index in [1.165, 1.54) is 12.8 Å². The molecule has 6 nitrogen and oxygen atoms in total. The van der Waals surface area contributed by atoms with Gasteiger partial charge < -0.3 is 4.42 Å². The molecule has 7 heteroatoms. The predicted molar refractivity (Wildman–Crippen MR) is 88.0 cm³/mol. The van der Waals surface area contributed by atoms with Crippen LogP contribution >= 0.6 is 11.3 Å². The third kappa shape index (κ3) is 3.20. The van der Waals surface area contributed by atoms with E-state index in [-0.39, 0.29) is 0 Å². The quantitative estimate of drug-likeness (QED) is 0.720. The first-order valence-corrected chi connectivity index (χ1v) is 8.73. The van der Waals surface area contributed by atoms with Crippen molar-refractivity contribution in [3.8, 4) is 10.8 Å². The largest absolute Gasteiger partial charge is 0.459 e. The van der Waals surface area contributed by atoms with Gasteiger partial charge in [0.25, 0.3) is 0 Å². The van der Waals surface area contributed by atoms with Crippen molar-refractivity contribution in [2.75, 3.05) is 6.54 Å². The average Bonchev–Trinajstić information content (AvgIpc) is 3.29. The van der Waals surface area contributed by atoms with Crippen LogP contribution in [0, 0.1) is 6.92 Å². The minimum absolute atomic E-state index is 0.507. The number of aromatic nitrogens is 4. The maximum atomic E-state index is 5.66. The Morgan fingerprint density at radius 3 is 3.13 bits per heavy atom. The molecule has 1 atom stereocenters. The Morgan fingerprint density at radius 2 is 2.35 bits per heavy atom. The molecule has 1 aliphatic heterocycles. The fourth-order valence-corrected chi connectivity index (χ4v) is 3.87. The van der Waals surface area contributed by atoms with E-state index in [1.807, 2.05) is 23.7 Å². The second-order valence-electron chi connectivity index (χ2n) is 5.94. The molecule has 0 radical (unpaired) electrons. The van der Waals surface area contributed by atoms with Gasteiger partial charge >= 0.3 is 0 Å². The summed E-state index contributed by atoms with van der Waals surface area (Å²) in [5, 5.41) is 7.32. The van der Waals surface area contributed by atoms with Crippen molar-refractivity contribution in [1.82, 2.24) is 24.6 Å². The zero-order valence-electron chi connectivity index (χ0n) is 13.1. The Kier molecular flexibility index (Phi) is 3.97. The van der Waals surface area contributed by atoms with Crippen LogP contribution < -0.4 is 0 Å². The van der Waals surface area contributed by atoms with Crippen LogP contribution in [0.15, 0.2) is 34.6 Å². The minimum atomic E-state index is 0.507. The van der Waals surface area contributed by atoms with E-state index in [2.05, 4.69) is 20.4 Å². The molecule has 0 amide bonds. The summed E-state index contributed by atoms with van der Waals surface area (Å²) in [6, 6.07) is 4.47. The van der Waals surface area contributed by atoms with Crippen LogP contribution in [-0.2, 0) is 13.1 Å². The van der Waals surface area contributed by atoms with E-state index >= 15 is 0 Å². The van der Waals surface area contributed by atoms with E-state index in [0.29, 0.717) is 6.04 Å². The molecule has 3 aromatic rings. The summed E-state index contributed by atoms with van der Waals surface area (Å²) in [5.41, 5.74) is 1.12. The summed E-state index contributed by atoms with van der Waals surface area (Å²) >= 11 is 1.65. The standard InChI is InChI=1S/C16H19N5OS/c1-12-4-5-15(22-12)16-19-13(9-23-16)7-20-6-2-3-14(20)8-21-11-17-10-18-21/h4-5,9-11,14H,2-3,6-8H2,1H3. The van der Waals surface area contributed by atoms with E-state index in [9.17, 15) is 0 Å². The third-order valence-corrected chi connectivity index (χ3v) is 5.14. The Hall–Kier alpha value is -1.99. The highest BCUT2D eigenvalue weighted by molar-refractivity contribution is 7.13. The van der Waals surface area contributed by atoms with Crippen LogP contribution in [0.5, 0.6) is 0 Å². The Bertz CT molecular complexity index is 763. The van der Waals surface area contributed by atoms with Gasteiger partial charge in [-0.2, -0.15) is 5.10 Å². The molecule has 0 aliphatic carbocycles. The van der Waals surface area contributed by atoms with Gasteiger partial charge in [-0.3, -0.25) is 9.58 Å². The van der Waals surface area contributed by atoms with Gasteiger partial charge in [0.2, 0.25) is 0 Å². The lowest BCUT2D eigenvalue weighted by Crippen LogP contribution is -2.32. The predicted octanol–water partition coefficient (Wildman–Crippen LogP) is 2.97. The zero-order valence-corrected chi connectivity index (χ0v) is 13.9. The number of rotatable bonds is 5. The molecule has 1 unspecified atom stereocenters. The molecule has 23 heavy (non-hydrogen) atoms. The van der Waals surface area contributed by atoms with Gasteiger partial charge in [0, 0.05) is 18.0 Å². The number of hydrogen-bond acceptors (Lipinski definition) is 6. The van der Waals surface area contributed by atoms with Gasteiger partial charge in [-0.05, 0) is 38.4 Å². The van der Waals surface area contributed by atoms with E-state index in [1.54, 1.807) is 24.0 Å². The molecule has 0 bridgehead atoms. The van der Waals surface area contributed by atoms with Gasteiger partial charge in [-0.25, -0.2) is 9.97 Å². The molecule has 1 fully saturated rings. The first-order chi connectivity index (χ1) is 11.3. The summed E-state index contributed by atoms with van der Waals surface area (Å²) in [6.45, 7) is 4.85.